The molecule has 0 fully saturated rings. The minimum absolute atomic E-state index is 0.0485. The van der Waals surface area contributed by atoms with Crippen molar-refractivity contribution in [3.63, 3.8) is 0 Å². The van der Waals surface area contributed by atoms with Crippen LogP contribution in [0.3, 0.4) is 0 Å². The van der Waals surface area contributed by atoms with Crippen molar-refractivity contribution in [2.24, 2.45) is 0 Å². The van der Waals surface area contributed by atoms with Crippen LogP contribution in [0.1, 0.15) is 20.8 Å². The van der Waals surface area contributed by atoms with Crippen molar-refractivity contribution in [2.75, 3.05) is 32.7 Å². The number of rotatable bonds is 7. The minimum atomic E-state index is -0.693. The van der Waals surface area contributed by atoms with E-state index in [1.54, 1.807) is 0 Å². The number of carbonyl (C=O) groups is 1. The van der Waals surface area contributed by atoms with Gasteiger partial charge in [0.2, 0.25) is 5.95 Å². The zero-order valence-corrected chi connectivity index (χ0v) is 14.2. The van der Waals surface area contributed by atoms with Crippen molar-refractivity contribution in [2.45, 2.75) is 26.3 Å². The number of methoxy groups -OCH3 is 2. The Kier molecular flexibility index (Phi) is 6.50. The molecule has 0 aliphatic rings. The Morgan fingerprint density at radius 3 is 2.17 bits per heavy atom. The second-order valence-electron chi connectivity index (χ2n) is 5.61. The van der Waals surface area contributed by atoms with Crippen LogP contribution in [0.25, 0.3) is 0 Å². The fourth-order valence-electron chi connectivity index (χ4n) is 1.58. The normalized spacial score (nSPS) is 10.7. The van der Waals surface area contributed by atoms with Crippen LogP contribution < -0.4 is 20.1 Å². The van der Waals surface area contributed by atoms with E-state index in [1.165, 1.54) is 14.2 Å². The lowest BCUT2D eigenvalue weighted by Gasteiger charge is -2.19. The first-order valence-electron chi connectivity index (χ1n) is 7.01. The van der Waals surface area contributed by atoms with Crippen LogP contribution in [0.4, 0.5) is 16.4 Å². The fourth-order valence-corrected chi connectivity index (χ4v) is 1.58. The van der Waals surface area contributed by atoms with Crippen LogP contribution >= 0.6 is 0 Å². The number of nitrogens with zero attached hydrogens (tertiary/aromatic N) is 3. The molecule has 0 unspecified atom stereocenters. The Hall–Kier alpha value is -2.85. The van der Waals surface area contributed by atoms with Gasteiger partial charge in [0.05, 0.1) is 25.7 Å². The van der Waals surface area contributed by atoms with Gasteiger partial charge in [-0.2, -0.15) is 9.97 Å². The molecule has 2 N–H and O–H groups in total. The number of amides is 1. The Labute approximate surface area is 138 Å². The molecular formula is C13H21N5O6. The van der Waals surface area contributed by atoms with Gasteiger partial charge in [-0.25, -0.2) is 4.79 Å². The van der Waals surface area contributed by atoms with Gasteiger partial charge in [-0.1, -0.05) is 0 Å². The minimum Gasteiger partial charge on any atom is -0.476 e. The molecule has 1 rings (SSSR count). The Morgan fingerprint density at radius 1 is 1.21 bits per heavy atom. The van der Waals surface area contributed by atoms with E-state index in [0.29, 0.717) is 0 Å². The number of aromatic nitrogens is 2. The first-order chi connectivity index (χ1) is 11.2. The number of hydrogen-bond acceptors (Lipinski definition) is 9. The van der Waals surface area contributed by atoms with Gasteiger partial charge in [0, 0.05) is 5.54 Å². The van der Waals surface area contributed by atoms with Crippen LogP contribution in [-0.2, 0) is 4.74 Å². The maximum absolute atomic E-state index is 11.5. The molecule has 134 valence electrons. The molecule has 11 heteroatoms. The van der Waals surface area contributed by atoms with Crippen molar-refractivity contribution in [3.8, 4) is 11.8 Å². The number of nitro groups is 1. The molecule has 11 nitrogen and oxygen atoms in total. The lowest BCUT2D eigenvalue weighted by atomic mass is 10.1. The van der Waals surface area contributed by atoms with E-state index in [0.717, 1.165) is 0 Å². The molecule has 24 heavy (non-hydrogen) atoms. The highest BCUT2D eigenvalue weighted by Crippen LogP contribution is 2.34. The SMILES string of the molecule is COc1nc(NCCOC(=O)NC(C)(C)C)nc(OC)c1[N+](=O)[O-]. The van der Waals surface area contributed by atoms with Crippen LogP contribution in [0.2, 0.25) is 0 Å². The molecule has 0 radical (unpaired) electrons. The first-order valence-corrected chi connectivity index (χ1v) is 7.01. The van der Waals surface area contributed by atoms with Gasteiger partial charge in [0.1, 0.15) is 6.61 Å². The standard InChI is InChI=1S/C13H21N5O6/c1-13(2,3)17-12(19)24-7-6-14-11-15-9(22-4)8(18(20)21)10(16-11)23-5/h6-7H2,1-5H3,(H,17,19)(H,14,15,16). The number of carbonyl (C=O) groups excluding carboxylic acids is 1. The molecule has 0 spiro atoms. The second-order valence-corrected chi connectivity index (χ2v) is 5.61. The predicted molar refractivity (Wildman–Crippen MR) is 84.5 cm³/mol. The Morgan fingerprint density at radius 2 is 1.75 bits per heavy atom. The molecule has 1 aromatic heterocycles. The Balaban J connectivity index is 2.66. The van der Waals surface area contributed by atoms with Crippen LogP contribution in [0, 0.1) is 10.1 Å². The van der Waals surface area contributed by atoms with Crippen molar-refractivity contribution in [1.82, 2.24) is 15.3 Å². The lowest BCUT2D eigenvalue weighted by molar-refractivity contribution is -0.387. The van der Waals surface area contributed by atoms with Gasteiger partial charge in [-0.3, -0.25) is 10.1 Å². The molecule has 0 saturated carbocycles. The number of nitrogens with one attached hydrogen (secondary N) is 2. The molecular weight excluding hydrogens is 322 g/mol. The molecule has 1 amide bonds. The molecule has 0 saturated heterocycles. The quantitative estimate of drug-likeness (QED) is 0.426. The van der Waals surface area contributed by atoms with E-state index in [4.69, 9.17) is 14.2 Å². The summed E-state index contributed by atoms with van der Waals surface area (Å²) in [5, 5.41) is 16.4. The maximum Gasteiger partial charge on any atom is 0.407 e. The van der Waals surface area contributed by atoms with E-state index in [2.05, 4.69) is 20.6 Å². The van der Waals surface area contributed by atoms with Gasteiger partial charge in [0.15, 0.2) is 0 Å². The van der Waals surface area contributed by atoms with Gasteiger partial charge in [-0.15, -0.1) is 0 Å². The number of hydrogen-bond donors (Lipinski definition) is 2. The molecule has 1 heterocycles. The molecule has 0 aliphatic heterocycles. The third kappa shape index (κ3) is 5.74. The number of ether oxygens (including phenoxy) is 3. The number of anilines is 1. The van der Waals surface area contributed by atoms with Crippen LogP contribution in [-0.4, -0.2) is 53.9 Å². The van der Waals surface area contributed by atoms with Crippen molar-refractivity contribution >= 4 is 17.7 Å². The summed E-state index contributed by atoms with van der Waals surface area (Å²) in [6.07, 6.45) is -0.552. The summed E-state index contributed by atoms with van der Waals surface area (Å²) in [5.41, 5.74) is -0.862. The second kappa shape index (κ2) is 8.13. The van der Waals surface area contributed by atoms with E-state index in [-0.39, 0.29) is 30.9 Å². The van der Waals surface area contributed by atoms with Gasteiger partial charge >= 0.3 is 23.5 Å². The molecule has 0 atom stereocenters. The summed E-state index contributed by atoms with van der Waals surface area (Å²) in [5.74, 6) is -0.421. The van der Waals surface area contributed by atoms with E-state index in [1.807, 2.05) is 20.8 Å². The van der Waals surface area contributed by atoms with Crippen LogP contribution in [0.15, 0.2) is 0 Å². The summed E-state index contributed by atoms with van der Waals surface area (Å²) < 4.78 is 14.7. The third-order valence-electron chi connectivity index (χ3n) is 2.48. The lowest BCUT2D eigenvalue weighted by Crippen LogP contribution is -2.41. The molecule has 1 aromatic rings. The van der Waals surface area contributed by atoms with Crippen molar-refractivity contribution < 1.29 is 23.9 Å². The predicted octanol–water partition coefficient (Wildman–Crippen LogP) is 1.34. The van der Waals surface area contributed by atoms with E-state index < -0.39 is 22.2 Å². The largest absolute Gasteiger partial charge is 0.476 e. The third-order valence-corrected chi connectivity index (χ3v) is 2.48. The maximum atomic E-state index is 11.5. The van der Waals surface area contributed by atoms with Crippen molar-refractivity contribution in [3.05, 3.63) is 10.1 Å². The summed E-state index contributed by atoms with van der Waals surface area (Å²) in [4.78, 5) is 29.5. The van der Waals surface area contributed by atoms with E-state index >= 15 is 0 Å². The average Bonchev–Trinajstić information content (AvgIpc) is 2.48. The van der Waals surface area contributed by atoms with Gasteiger partial charge in [-0.05, 0) is 20.8 Å². The highest BCUT2D eigenvalue weighted by Gasteiger charge is 2.26. The number of alkyl carbamates (subject to hydrolysis) is 1. The topological polar surface area (TPSA) is 138 Å². The van der Waals surface area contributed by atoms with Crippen molar-refractivity contribution in [1.29, 1.82) is 0 Å². The van der Waals surface area contributed by atoms with Crippen LogP contribution in [0.5, 0.6) is 11.8 Å². The summed E-state index contributed by atoms with van der Waals surface area (Å²) >= 11 is 0. The van der Waals surface area contributed by atoms with Gasteiger partial charge in [0.25, 0.3) is 0 Å². The van der Waals surface area contributed by atoms with Gasteiger partial charge < -0.3 is 24.8 Å². The first kappa shape index (κ1) is 19.2. The zero-order chi connectivity index (χ0) is 18.3. The summed E-state index contributed by atoms with van der Waals surface area (Å²) in [6.45, 7) is 5.73. The fraction of sp³-hybridized carbons (Fsp3) is 0.615. The zero-order valence-electron chi connectivity index (χ0n) is 14.2. The monoisotopic (exact) mass is 343 g/mol. The van der Waals surface area contributed by atoms with E-state index in [9.17, 15) is 14.9 Å². The highest BCUT2D eigenvalue weighted by atomic mass is 16.6. The highest BCUT2D eigenvalue weighted by molar-refractivity contribution is 5.68. The summed E-state index contributed by atoms with van der Waals surface area (Å²) in [7, 11) is 2.50. The molecule has 0 aromatic carbocycles. The molecule has 0 aliphatic carbocycles. The molecule has 0 bridgehead atoms. The summed E-state index contributed by atoms with van der Waals surface area (Å²) in [6, 6.07) is 0. The average molecular weight is 343 g/mol. The smallest absolute Gasteiger partial charge is 0.407 e. The Bertz CT molecular complexity index is 576.